The lowest BCUT2D eigenvalue weighted by Crippen LogP contribution is -2.10. The first-order valence-corrected chi connectivity index (χ1v) is 8.09. The van der Waals surface area contributed by atoms with E-state index in [2.05, 4.69) is 0 Å². The van der Waals surface area contributed by atoms with Crippen molar-refractivity contribution in [2.24, 2.45) is 0 Å². The van der Waals surface area contributed by atoms with Crippen LogP contribution >= 0.6 is 46.4 Å². The third kappa shape index (κ3) is 4.07. The van der Waals surface area contributed by atoms with Crippen LogP contribution in [-0.4, -0.2) is 36.9 Å². The van der Waals surface area contributed by atoms with Gasteiger partial charge in [-0.25, -0.2) is 0 Å². The van der Waals surface area contributed by atoms with Crippen LogP contribution in [0.1, 0.15) is 0 Å². The van der Waals surface area contributed by atoms with Gasteiger partial charge in [0.25, 0.3) is 20.2 Å². The van der Waals surface area contributed by atoms with Crippen LogP contribution in [0.15, 0.2) is 9.79 Å². The van der Waals surface area contributed by atoms with Crippen molar-refractivity contribution in [2.75, 3.05) is 0 Å². The normalized spacial score (nSPS) is 11.5. The van der Waals surface area contributed by atoms with E-state index in [-0.39, 0.29) is 11.0 Å². The molecule has 0 heterocycles. The summed E-state index contributed by atoms with van der Waals surface area (Å²) in [5.41, 5.74) is 0. The van der Waals surface area contributed by atoms with Gasteiger partial charge in [0.05, 0.1) is 20.1 Å². The molecule has 20 heavy (non-hydrogen) atoms. The van der Waals surface area contributed by atoms with Crippen molar-refractivity contribution in [3.63, 3.8) is 0 Å². The van der Waals surface area contributed by atoms with Crippen LogP contribution in [-0.2, 0) is 20.2 Å². The number of hydrogen-bond donors (Lipinski definition) is 2. The Morgan fingerprint density at radius 1 is 0.600 bits per heavy atom. The molecule has 0 amide bonds. The monoisotopic (exact) mass is 410 g/mol. The quantitative estimate of drug-likeness (QED) is 0.419. The second-order valence-corrected chi connectivity index (χ2v) is 7.09. The maximum atomic E-state index is 11.1. The summed E-state index contributed by atoms with van der Waals surface area (Å²) in [5.74, 6) is 0. The van der Waals surface area contributed by atoms with Crippen LogP contribution in [0.2, 0.25) is 20.1 Å². The molecule has 0 bridgehead atoms. The van der Waals surface area contributed by atoms with Gasteiger partial charge in [-0.2, -0.15) is 16.8 Å². The van der Waals surface area contributed by atoms with Crippen molar-refractivity contribution < 1.29 is 36.9 Å². The highest BCUT2D eigenvalue weighted by molar-refractivity contribution is 7.89. The molecule has 0 atom stereocenters. The van der Waals surface area contributed by atoms with E-state index in [0.717, 1.165) is 0 Å². The second kappa shape index (κ2) is 6.92. The van der Waals surface area contributed by atoms with Gasteiger partial charge in [0.1, 0.15) is 9.79 Å². The van der Waals surface area contributed by atoms with Crippen molar-refractivity contribution in [3.05, 3.63) is 20.1 Å². The van der Waals surface area contributed by atoms with Crippen LogP contribution in [0.5, 0.6) is 0 Å². The van der Waals surface area contributed by atoms with Gasteiger partial charge in [0.15, 0.2) is 0 Å². The lowest BCUT2D eigenvalue weighted by molar-refractivity contribution is 0.466. The maximum Gasteiger partial charge on any atom is 0.297 e. The Balaban J connectivity index is 0. The Hall–Kier alpha value is 0.120. The van der Waals surface area contributed by atoms with Gasteiger partial charge >= 0.3 is 0 Å². The highest BCUT2D eigenvalue weighted by Crippen LogP contribution is 2.45. The van der Waals surface area contributed by atoms with E-state index in [0.29, 0.717) is 0 Å². The molecule has 1 aromatic carbocycles. The summed E-state index contributed by atoms with van der Waals surface area (Å²) >= 11 is 22.0. The van der Waals surface area contributed by atoms with Gasteiger partial charge in [-0.3, -0.25) is 9.11 Å². The highest BCUT2D eigenvalue weighted by atomic mass is 35.5. The average molecular weight is 412 g/mol. The molecule has 1 rings (SSSR count). The van der Waals surface area contributed by atoms with Crippen molar-refractivity contribution >= 4 is 66.6 Å². The SMILES string of the molecule is O.O.O=S(=O)(O)c1c(Cl)c(Cl)c(Cl)c(Cl)c1S(=O)(=O)O. The molecule has 8 nitrogen and oxygen atoms in total. The van der Waals surface area contributed by atoms with Crippen LogP contribution in [0, 0.1) is 0 Å². The molecule has 0 saturated carbocycles. The molecular weight excluding hydrogens is 406 g/mol. The van der Waals surface area contributed by atoms with E-state index < -0.39 is 50.1 Å². The maximum absolute atomic E-state index is 11.1. The molecule has 0 fully saturated rings. The fraction of sp³-hybridized carbons (Fsp3) is 0. The van der Waals surface area contributed by atoms with E-state index in [9.17, 15) is 16.8 Å². The molecule has 0 unspecified atom stereocenters. The lowest BCUT2D eigenvalue weighted by atomic mass is 10.3. The van der Waals surface area contributed by atoms with Crippen LogP contribution in [0.25, 0.3) is 0 Å². The number of halogens is 4. The van der Waals surface area contributed by atoms with Crippen LogP contribution in [0.4, 0.5) is 0 Å². The van der Waals surface area contributed by atoms with E-state index in [1.807, 2.05) is 0 Å². The zero-order valence-corrected chi connectivity index (χ0v) is 13.5. The van der Waals surface area contributed by atoms with Crippen LogP contribution in [0.3, 0.4) is 0 Å². The molecule has 0 saturated heterocycles. The van der Waals surface area contributed by atoms with Crippen molar-refractivity contribution in [3.8, 4) is 0 Å². The summed E-state index contributed by atoms with van der Waals surface area (Å²) in [5, 5.41) is -2.91. The number of benzene rings is 1. The Bertz CT molecular complexity index is 663. The molecule has 118 valence electrons. The summed E-state index contributed by atoms with van der Waals surface area (Å²) in [7, 11) is -10.2. The largest absolute Gasteiger partial charge is 0.412 e. The number of hydrogen-bond acceptors (Lipinski definition) is 4. The van der Waals surface area contributed by atoms with Gasteiger partial charge in [-0.15, -0.1) is 0 Å². The van der Waals surface area contributed by atoms with E-state index in [4.69, 9.17) is 55.5 Å². The minimum absolute atomic E-state index is 0. The first-order valence-electron chi connectivity index (χ1n) is 3.70. The summed E-state index contributed by atoms with van der Waals surface area (Å²) in [6, 6.07) is 0. The highest BCUT2D eigenvalue weighted by Gasteiger charge is 2.34. The molecule has 0 aliphatic carbocycles. The summed E-state index contributed by atoms with van der Waals surface area (Å²) in [6.07, 6.45) is 0. The molecule has 0 radical (unpaired) electrons. The fourth-order valence-corrected chi connectivity index (χ4v) is 4.68. The Morgan fingerprint density at radius 2 is 0.800 bits per heavy atom. The van der Waals surface area contributed by atoms with Gasteiger partial charge in [0, 0.05) is 0 Å². The summed E-state index contributed by atoms with van der Waals surface area (Å²) in [6.45, 7) is 0. The summed E-state index contributed by atoms with van der Waals surface area (Å²) < 4.78 is 62.1. The third-order valence-corrected chi connectivity index (χ3v) is 5.70. The van der Waals surface area contributed by atoms with Gasteiger partial charge in [-0.1, -0.05) is 46.4 Å². The van der Waals surface area contributed by atoms with Gasteiger partial charge in [0.2, 0.25) is 0 Å². The van der Waals surface area contributed by atoms with Crippen molar-refractivity contribution in [2.45, 2.75) is 9.79 Å². The van der Waals surface area contributed by atoms with E-state index in [1.165, 1.54) is 0 Å². The third-order valence-electron chi connectivity index (χ3n) is 1.70. The molecule has 14 heteroatoms. The van der Waals surface area contributed by atoms with Gasteiger partial charge in [-0.05, 0) is 0 Å². The topological polar surface area (TPSA) is 172 Å². The first-order chi connectivity index (χ1) is 7.89. The van der Waals surface area contributed by atoms with E-state index >= 15 is 0 Å². The zero-order valence-electron chi connectivity index (χ0n) is 8.86. The Labute approximate surface area is 133 Å². The Kier molecular flexibility index (Phi) is 7.75. The molecule has 0 aliphatic rings. The first kappa shape index (κ1) is 22.4. The predicted molar refractivity (Wildman–Crippen MR) is 73.3 cm³/mol. The predicted octanol–water partition coefficient (Wildman–Crippen LogP) is 1.14. The Morgan fingerprint density at radius 3 is 0.950 bits per heavy atom. The number of rotatable bonds is 2. The molecule has 1 aromatic rings. The molecule has 0 spiro atoms. The van der Waals surface area contributed by atoms with Crippen molar-refractivity contribution in [1.29, 1.82) is 0 Å². The molecule has 6 N–H and O–H groups in total. The average Bonchev–Trinajstić information content (AvgIpc) is 2.16. The van der Waals surface area contributed by atoms with Gasteiger partial charge < -0.3 is 11.0 Å². The standard InChI is InChI=1S/C6H2Cl4O6S2.2H2O/c7-1-2(8)4(10)6(18(14,15)16)5(3(1)9)17(11,12)13;;/h(H,11,12,13)(H,14,15,16);2*1H2. The minimum atomic E-state index is -5.11. The van der Waals surface area contributed by atoms with Crippen LogP contribution < -0.4 is 0 Å². The molecule has 0 aromatic heterocycles. The minimum Gasteiger partial charge on any atom is -0.412 e. The lowest BCUT2D eigenvalue weighted by Gasteiger charge is -2.12. The van der Waals surface area contributed by atoms with E-state index in [1.54, 1.807) is 0 Å². The summed E-state index contributed by atoms with van der Waals surface area (Å²) in [4.78, 5) is -2.68. The smallest absolute Gasteiger partial charge is 0.297 e. The fourth-order valence-electron chi connectivity index (χ4n) is 1.05. The zero-order chi connectivity index (χ0) is 14.5. The second-order valence-electron chi connectivity index (χ2n) is 2.86. The van der Waals surface area contributed by atoms with Crippen molar-refractivity contribution in [1.82, 2.24) is 0 Å². The molecular formula is C6H6Cl4O8S2. The molecule has 0 aliphatic heterocycles.